The minimum absolute atomic E-state index is 0. The molecule has 2 fully saturated rings. The molecule has 2 heterocycles. The number of nitrogens with zero attached hydrogens (tertiary/aromatic N) is 2. The van der Waals surface area contributed by atoms with Crippen molar-refractivity contribution in [3.8, 4) is 5.75 Å². The van der Waals surface area contributed by atoms with E-state index in [1.165, 1.54) is 0 Å². The average Bonchev–Trinajstić information content (AvgIpc) is 2.62. The van der Waals surface area contributed by atoms with Crippen LogP contribution in [0.1, 0.15) is 18.4 Å². The van der Waals surface area contributed by atoms with Gasteiger partial charge in [0.15, 0.2) is 0 Å². The van der Waals surface area contributed by atoms with Crippen molar-refractivity contribution in [2.75, 3.05) is 39.8 Å². The molecule has 1 N–H and O–H groups in total. The Bertz CT molecular complexity index is 611. The monoisotopic (exact) mass is 367 g/mol. The van der Waals surface area contributed by atoms with E-state index in [-0.39, 0.29) is 30.3 Å². The number of ether oxygens (including phenoxy) is 1. The van der Waals surface area contributed by atoms with E-state index in [1.54, 1.807) is 7.11 Å². The topological polar surface area (TPSA) is 61.9 Å². The fourth-order valence-electron chi connectivity index (χ4n) is 3.51. The second kappa shape index (κ2) is 9.06. The summed E-state index contributed by atoms with van der Waals surface area (Å²) < 4.78 is 5.22. The third kappa shape index (κ3) is 4.86. The van der Waals surface area contributed by atoms with E-state index in [0.29, 0.717) is 19.5 Å². The van der Waals surface area contributed by atoms with Gasteiger partial charge in [-0.15, -0.1) is 12.4 Å². The van der Waals surface area contributed by atoms with E-state index in [1.807, 2.05) is 34.1 Å². The second-order valence-corrected chi connectivity index (χ2v) is 6.43. The van der Waals surface area contributed by atoms with Gasteiger partial charge in [-0.05, 0) is 30.5 Å². The molecule has 0 aromatic heterocycles. The van der Waals surface area contributed by atoms with Crippen LogP contribution in [-0.4, -0.2) is 67.5 Å². The van der Waals surface area contributed by atoms with Crippen LogP contribution in [0, 0.1) is 0 Å². The van der Waals surface area contributed by atoms with Crippen molar-refractivity contribution in [3.63, 3.8) is 0 Å². The first-order valence-electron chi connectivity index (χ1n) is 8.58. The summed E-state index contributed by atoms with van der Waals surface area (Å²) in [6.45, 7) is 3.41. The van der Waals surface area contributed by atoms with Gasteiger partial charge in [0.05, 0.1) is 20.1 Å². The van der Waals surface area contributed by atoms with Gasteiger partial charge in [-0.3, -0.25) is 9.59 Å². The third-order valence-corrected chi connectivity index (χ3v) is 4.81. The first kappa shape index (κ1) is 19.5. The molecule has 6 nitrogen and oxygen atoms in total. The van der Waals surface area contributed by atoms with E-state index in [0.717, 1.165) is 43.8 Å². The van der Waals surface area contributed by atoms with Gasteiger partial charge in [0.25, 0.3) is 0 Å². The van der Waals surface area contributed by atoms with Crippen molar-refractivity contribution in [2.45, 2.75) is 25.3 Å². The van der Waals surface area contributed by atoms with Gasteiger partial charge in [0, 0.05) is 32.2 Å². The number of hydrogen-bond acceptors (Lipinski definition) is 4. The number of piperazine rings is 1. The molecule has 0 bridgehead atoms. The molecule has 1 atom stereocenters. The lowest BCUT2D eigenvalue weighted by molar-refractivity contribution is -0.140. The first-order valence-corrected chi connectivity index (χ1v) is 8.58. The van der Waals surface area contributed by atoms with Crippen molar-refractivity contribution in [2.24, 2.45) is 0 Å². The van der Waals surface area contributed by atoms with Gasteiger partial charge in [0.1, 0.15) is 5.75 Å². The Hall–Kier alpha value is -1.79. The van der Waals surface area contributed by atoms with Crippen LogP contribution >= 0.6 is 12.4 Å². The Morgan fingerprint density at radius 1 is 1.36 bits per heavy atom. The summed E-state index contributed by atoms with van der Waals surface area (Å²) in [7, 11) is 1.63. The van der Waals surface area contributed by atoms with E-state index >= 15 is 0 Å². The summed E-state index contributed by atoms with van der Waals surface area (Å²) >= 11 is 0. The molecule has 0 radical (unpaired) electrons. The predicted octanol–water partition coefficient (Wildman–Crippen LogP) is 1.08. The average molecular weight is 368 g/mol. The van der Waals surface area contributed by atoms with E-state index in [2.05, 4.69) is 5.32 Å². The molecule has 2 saturated heterocycles. The quantitative estimate of drug-likeness (QED) is 0.865. The van der Waals surface area contributed by atoms with Crippen LogP contribution in [-0.2, 0) is 16.0 Å². The molecule has 7 heteroatoms. The molecule has 3 rings (SSSR count). The number of piperidine rings is 1. The van der Waals surface area contributed by atoms with Gasteiger partial charge < -0.3 is 19.9 Å². The number of nitrogens with one attached hydrogen (secondary N) is 1. The molecule has 0 saturated carbocycles. The fraction of sp³-hybridized carbons (Fsp3) is 0.556. The maximum atomic E-state index is 12.6. The highest BCUT2D eigenvalue weighted by Crippen LogP contribution is 2.19. The number of amides is 2. The smallest absolute Gasteiger partial charge is 0.236 e. The lowest BCUT2D eigenvalue weighted by Gasteiger charge is -2.41. The molecule has 138 valence electrons. The molecular formula is C18H26ClN3O3. The molecule has 25 heavy (non-hydrogen) atoms. The molecule has 0 spiro atoms. The Morgan fingerprint density at radius 3 is 2.96 bits per heavy atom. The highest BCUT2D eigenvalue weighted by atomic mass is 35.5. The molecule has 2 amide bonds. The SMILES string of the molecule is COc1cccc(CC(=O)N2CCCC(N3CCNCC3=O)C2)c1.Cl. The largest absolute Gasteiger partial charge is 0.497 e. The Morgan fingerprint density at radius 2 is 2.20 bits per heavy atom. The van der Waals surface area contributed by atoms with Gasteiger partial charge in [-0.2, -0.15) is 0 Å². The van der Waals surface area contributed by atoms with Crippen molar-refractivity contribution < 1.29 is 14.3 Å². The number of rotatable bonds is 4. The summed E-state index contributed by atoms with van der Waals surface area (Å²) in [6, 6.07) is 7.78. The maximum absolute atomic E-state index is 12.6. The molecule has 1 unspecified atom stereocenters. The Labute approximate surface area is 154 Å². The number of methoxy groups -OCH3 is 1. The van der Waals surface area contributed by atoms with Crippen molar-refractivity contribution in [3.05, 3.63) is 29.8 Å². The summed E-state index contributed by atoms with van der Waals surface area (Å²) in [5.41, 5.74) is 0.958. The van der Waals surface area contributed by atoms with E-state index < -0.39 is 0 Å². The first-order chi connectivity index (χ1) is 11.7. The summed E-state index contributed by atoms with van der Waals surface area (Å²) in [5, 5.41) is 3.10. The van der Waals surface area contributed by atoms with Crippen LogP contribution < -0.4 is 10.1 Å². The van der Waals surface area contributed by atoms with Crippen LogP contribution in [0.15, 0.2) is 24.3 Å². The summed E-state index contributed by atoms with van der Waals surface area (Å²) in [4.78, 5) is 28.6. The van der Waals surface area contributed by atoms with Crippen LogP contribution in [0.4, 0.5) is 0 Å². The van der Waals surface area contributed by atoms with E-state index in [4.69, 9.17) is 4.74 Å². The number of carbonyl (C=O) groups is 2. The maximum Gasteiger partial charge on any atom is 0.236 e. The van der Waals surface area contributed by atoms with Gasteiger partial charge in [-0.1, -0.05) is 12.1 Å². The second-order valence-electron chi connectivity index (χ2n) is 6.43. The van der Waals surface area contributed by atoms with Crippen LogP contribution in [0.5, 0.6) is 5.75 Å². The predicted molar refractivity (Wildman–Crippen MR) is 98.1 cm³/mol. The number of hydrogen-bond donors (Lipinski definition) is 1. The van der Waals surface area contributed by atoms with Crippen molar-refractivity contribution >= 4 is 24.2 Å². The highest BCUT2D eigenvalue weighted by Gasteiger charge is 2.31. The molecule has 2 aliphatic heterocycles. The fourth-order valence-corrected chi connectivity index (χ4v) is 3.51. The van der Waals surface area contributed by atoms with Crippen LogP contribution in [0.3, 0.4) is 0 Å². The molecule has 0 aliphatic carbocycles. The number of benzene rings is 1. The minimum Gasteiger partial charge on any atom is -0.497 e. The zero-order chi connectivity index (χ0) is 16.9. The standard InChI is InChI=1S/C18H25N3O3.ClH/c1-24-16-6-2-4-14(10-16)11-17(22)20-8-3-5-15(13-20)21-9-7-19-12-18(21)23;/h2,4,6,10,15,19H,3,5,7-9,11-13H2,1H3;1H. The van der Waals surface area contributed by atoms with E-state index in [9.17, 15) is 9.59 Å². The van der Waals surface area contributed by atoms with Crippen molar-refractivity contribution in [1.82, 2.24) is 15.1 Å². The lowest BCUT2D eigenvalue weighted by Crippen LogP contribution is -2.57. The van der Waals surface area contributed by atoms with Crippen LogP contribution in [0.25, 0.3) is 0 Å². The Balaban J connectivity index is 0.00000225. The lowest BCUT2D eigenvalue weighted by atomic mass is 10.0. The third-order valence-electron chi connectivity index (χ3n) is 4.81. The number of halogens is 1. The summed E-state index contributed by atoms with van der Waals surface area (Å²) in [6.07, 6.45) is 2.31. The normalized spacial score (nSPS) is 20.8. The van der Waals surface area contributed by atoms with Crippen LogP contribution in [0.2, 0.25) is 0 Å². The molecule has 2 aliphatic rings. The minimum atomic E-state index is 0. The molecule has 1 aromatic rings. The Kier molecular flexibility index (Phi) is 7.08. The number of carbonyl (C=O) groups excluding carboxylic acids is 2. The van der Waals surface area contributed by atoms with Gasteiger partial charge in [0.2, 0.25) is 11.8 Å². The van der Waals surface area contributed by atoms with Gasteiger partial charge in [-0.25, -0.2) is 0 Å². The van der Waals surface area contributed by atoms with Crippen molar-refractivity contribution in [1.29, 1.82) is 0 Å². The summed E-state index contributed by atoms with van der Waals surface area (Å²) in [5.74, 6) is 1.03. The highest BCUT2D eigenvalue weighted by molar-refractivity contribution is 5.85. The van der Waals surface area contributed by atoms with Gasteiger partial charge >= 0.3 is 0 Å². The molecule has 1 aromatic carbocycles. The zero-order valence-corrected chi connectivity index (χ0v) is 15.4. The number of likely N-dealkylation sites (tertiary alicyclic amines) is 1. The zero-order valence-electron chi connectivity index (χ0n) is 14.6. The molecular weight excluding hydrogens is 342 g/mol.